The van der Waals surface area contributed by atoms with Gasteiger partial charge in [-0.15, -0.1) is 23.7 Å². The van der Waals surface area contributed by atoms with Crippen LogP contribution in [0.5, 0.6) is 0 Å². The number of aryl methyl sites for hydroxylation is 1. The van der Waals surface area contributed by atoms with E-state index < -0.39 is 35.4 Å². The third-order valence-electron chi connectivity index (χ3n) is 7.85. The molecule has 0 aliphatic carbocycles. The molecule has 5 aromatic rings. The topological polar surface area (TPSA) is 140 Å². The number of aromatic amines is 1. The molecule has 3 atom stereocenters. The first-order valence-corrected chi connectivity index (χ1v) is 15.7. The summed E-state index contributed by atoms with van der Waals surface area (Å²) in [7, 11) is 1.81. The van der Waals surface area contributed by atoms with Gasteiger partial charge in [0, 0.05) is 34.7 Å². The van der Waals surface area contributed by atoms with Crippen LogP contribution in [0, 0.1) is 29.9 Å². The number of nitriles is 1. The maximum Gasteiger partial charge on any atom is 0.412 e. The minimum atomic E-state index is -1.99. The van der Waals surface area contributed by atoms with E-state index in [4.69, 9.17) is 15.0 Å². The highest BCUT2D eigenvalue weighted by Crippen LogP contribution is 2.41. The number of halogens is 4. The highest BCUT2D eigenvalue weighted by atomic mass is 35.5. The molecule has 0 bridgehead atoms. The van der Waals surface area contributed by atoms with E-state index in [2.05, 4.69) is 26.8 Å². The lowest BCUT2D eigenvalue weighted by Crippen LogP contribution is -3.00. The van der Waals surface area contributed by atoms with E-state index in [0.717, 1.165) is 34.9 Å². The summed E-state index contributed by atoms with van der Waals surface area (Å²) in [6, 6.07) is 17.6. The molecule has 4 N–H and O–H groups in total. The van der Waals surface area contributed by atoms with E-state index in [1.807, 2.05) is 26.1 Å². The molecule has 1 unspecified atom stereocenters. The minimum Gasteiger partial charge on any atom is -1.00 e. The van der Waals surface area contributed by atoms with Gasteiger partial charge in [0.15, 0.2) is 6.10 Å². The van der Waals surface area contributed by atoms with Crippen LogP contribution < -0.4 is 27.7 Å². The largest absolute Gasteiger partial charge is 1.00 e. The average molecular weight is 731 g/mol. The average Bonchev–Trinajstić information content (AvgIpc) is 3.74. The highest BCUT2D eigenvalue weighted by molar-refractivity contribution is 7.10. The number of rotatable bonds is 11. The van der Waals surface area contributed by atoms with Crippen LogP contribution in [0.15, 0.2) is 72.4 Å². The number of hydrogen-bond acceptors (Lipinski definition) is 8. The summed E-state index contributed by atoms with van der Waals surface area (Å²) in [4.78, 5) is 21.8. The number of anilines is 1. The van der Waals surface area contributed by atoms with Crippen LogP contribution in [0.3, 0.4) is 0 Å². The Morgan fingerprint density at radius 3 is 2.59 bits per heavy atom. The molecule has 15 heteroatoms. The molecule has 1 amide bonds. The lowest BCUT2D eigenvalue weighted by atomic mass is 9.82. The third-order valence-corrected chi connectivity index (χ3v) is 8.88. The Balaban J connectivity index is 0.00000325. The summed E-state index contributed by atoms with van der Waals surface area (Å²) in [5.41, 5.74) is 2.22. The number of aromatic nitrogens is 4. The number of carbonyl (C=O) groups excluding carboxylic acids is 1. The molecule has 49 heavy (non-hydrogen) atoms. The van der Waals surface area contributed by atoms with Crippen molar-refractivity contribution in [3.8, 4) is 17.3 Å². The van der Waals surface area contributed by atoms with Gasteiger partial charge in [0.2, 0.25) is 0 Å². The summed E-state index contributed by atoms with van der Waals surface area (Å²) in [6.07, 6.45) is -0.118. The second-order valence-corrected chi connectivity index (χ2v) is 12.2. The number of nitrogens with zero attached hydrogens (tertiary/aromatic N) is 4. The Morgan fingerprint density at radius 2 is 1.90 bits per heavy atom. The lowest BCUT2D eigenvalue weighted by Gasteiger charge is -2.32. The Kier molecular flexibility index (Phi) is 13.4. The van der Waals surface area contributed by atoms with E-state index >= 15 is 4.39 Å². The maximum absolute atomic E-state index is 15.3. The summed E-state index contributed by atoms with van der Waals surface area (Å²) in [5.74, 6) is -2.03. The molecule has 2 aromatic heterocycles. The van der Waals surface area contributed by atoms with Crippen molar-refractivity contribution in [3.05, 3.63) is 117 Å². The van der Waals surface area contributed by atoms with E-state index in [1.165, 1.54) is 22.3 Å². The van der Waals surface area contributed by atoms with Crippen molar-refractivity contribution >= 4 is 35.5 Å². The second-order valence-electron chi connectivity index (χ2n) is 11.3. The lowest BCUT2D eigenvalue weighted by molar-refractivity contribution is -0.765. The van der Waals surface area contributed by atoms with Gasteiger partial charge in [-0.1, -0.05) is 36.8 Å². The molecule has 0 fully saturated rings. The van der Waals surface area contributed by atoms with E-state index in [-0.39, 0.29) is 42.7 Å². The monoisotopic (exact) mass is 729 g/mol. The van der Waals surface area contributed by atoms with Crippen molar-refractivity contribution in [2.75, 3.05) is 12.4 Å². The van der Waals surface area contributed by atoms with Crippen molar-refractivity contribution in [3.63, 3.8) is 0 Å². The zero-order valence-corrected chi connectivity index (χ0v) is 29.4. The summed E-state index contributed by atoms with van der Waals surface area (Å²) in [5, 5.41) is 32.5. The standard InChI is InChI=1S/C34H33F2N7O3S.2ClH/c1-20-5-12-29(25(13-20)16-38-4)41-33(44)46-22(3)31-39-19-43(42-31)18-34(45,27-14-26(35)10-11-28(27)36)21(2)32-40-30(17-47-32)24-8-6-23(15-37)7-9-24;;/h5-14,17,19,21-22,38,45H,16,18H2,1-4H3,(H,41,44);2*1H/t21-,22?,34+;;/m0../s1. The fourth-order valence-corrected chi connectivity index (χ4v) is 6.20. The molecule has 0 spiro atoms. The van der Waals surface area contributed by atoms with Crippen LogP contribution in [0.4, 0.5) is 19.3 Å². The van der Waals surface area contributed by atoms with Crippen LogP contribution >= 0.6 is 23.7 Å². The predicted octanol–water partition coefficient (Wildman–Crippen LogP) is 3.43. The molecule has 0 saturated carbocycles. The van der Waals surface area contributed by atoms with Crippen molar-refractivity contribution in [1.82, 2.24) is 20.4 Å². The molecule has 2 heterocycles. The van der Waals surface area contributed by atoms with Gasteiger partial charge in [0.25, 0.3) is 5.82 Å². The number of thiazole rings is 1. The molecule has 0 aliphatic rings. The zero-order chi connectivity index (χ0) is 33.7. The molecule has 0 radical (unpaired) electrons. The number of H-pyrrole nitrogens is 1. The number of nitrogens with one attached hydrogen (secondary N) is 3. The Bertz CT molecular complexity index is 1930. The molecule has 3 aromatic carbocycles. The van der Waals surface area contributed by atoms with E-state index in [0.29, 0.717) is 28.5 Å². The van der Waals surface area contributed by atoms with Crippen molar-refractivity contribution in [2.45, 2.75) is 51.5 Å². The van der Waals surface area contributed by atoms with Crippen molar-refractivity contribution in [1.29, 1.82) is 5.26 Å². The second kappa shape index (κ2) is 16.8. The van der Waals surface area contributed by atoms with Crippen LogP contribution in [-0.4, -0.2) is 33.3 Å². The molecular weight excluding hydrogens is 695 g/mol. The minimum absolute atomic E-state index is 0. The fourth-order valence-electron chi connectivity index (χ4n) is 5.23. The van der Waals surface area contributed by atoms with Gasteiger partial charge in [-0.05, 0) is 67.8 Å². The molecular formula is C34H35Cl2F2N7O3S. The normalized spacial score (nSPS) is 13.2. The first-order valence-electron chi connectivity index (χ1n) is 14.8. The zero-order valence-electron chi connectivity index (χ0n) is 27.0. The van der Waals surface area contributed by atoms with Gasteiger partial charge in [0.1, 0.15) is 23.8 Å². The molecule has 10 nitrogen and oxygen atoms in total. The van der Waals surface area contributed by atoms with Crippen LogP contribution in [0.1, 0.15) is 59.0 Å². The van der Waals surface area contributed by atoms with E-state index in [1.54, 1.807) is 49.6 Å². The van der Waals surface area contributed by atoms with Crippen LogP contribution in [-0.2, 0) is 23.4 Å². The Hall–Kier alpha value is -4.45. The summed E-state index contributed by atoms with van der Waals surface area (Å²) in [6.45, 7) is 5.57. The van der Waals surface area contributed by atoms with Crippen LogP contribution in [0.25, 0.3) is 11.3 Å². The predicted molar refractivity (Wildman–Crippen MR) is 179 cm³/mol. The maximum atomic E-state index is 15.3. The quantitative estimate of drug-likeness (QED) is 0.153. The summed E-state index contributed by atoms with van der Waals surface area (Å²) < 4.78 is 36.7. The number of aliphatic hydroxyl groups is 1. The molecule has 0 saturated heterocycles. The SMILES string of the molecule is CNCc1cc(C)ccc1NC(=O)OC(C)c1nc[n+](C[C@](O)(c2cc(F)ccc2F)[C@@H](C)c2nc(-c3ccc(C#N)cc3)cs2)[nH]1.Cl.[Cl-]. The Labute approximate surface area is 299 Å². The van der Waals surface area contributed by atoms with Gasteiger partial charge >= 0.3 is 12.4 Å². The third kappa shape index (κ3) is 8.97. The van der Waals surface area contributed by atoms with Crippen molar-refractivity contribution in [2.24, 2.45) is 0 Å². The fraction of sp³-hybridized carbons (Fsp3) is 0.265. The number of hydrogen-bond donors (Lipinski definition) is 4. The first-order chi connectivity index (χ1) is 22.5. The first kappa shape index (κ1) is 39.0. The van der Waals surface area contributed by atoms with Gasteiger partial charge in [0.05, 0.1) is 22.3 Å². The van der Waals surface area contributed by atoms with Crippen molar-refractivity contribution < 1.29 is 40.5 Å². The summed E-state index contributed by atoms with van der Waals surface area (Å²) >= 11 is 1.27. The smallest absolute Gasteiger partial charge is 0.412 e. The Morgan fingerprint density at radius 1 is 1.16 bits per heavy atom. The number of amides is 1. The molecule has 258 valence electrons. The molecule has 0 aliphatic heterocycles. The number of benzene rings is 3. The van der Waals surface area contributed by atoms with Gasteiger partial charge in [-0.3, -0.25) is 5.32 Å². The highest BCUT2D eigenvalue weighted by Gasteiger charge is 2.44. The number of carbonyl (C=O) groups is 1. The van der Waals surface area contributed by atoms with Crippen LogP contribution in [0.2, 0.25) is 0 Å². The van der Waals surface area contributed by atoms with Gasteiger partial charge in [-0.25, -0.2) is 18.6 Å². The van der Waals surface area contributed by atoms with Gasteiger partial charge < -0.3 is 27.6 Å². The molecule has 5 rings (SSSR count). The van der Waals surface area contributed by atoms with E-state index in [9.17, 15) is 14.3 Å². The van der Waals surface area contributed by atoms with Gasteiger partial charge in [-0.2, -0.15) is 15.0 Å². The number of ether oxygens (including phenoxy) is 1.